The van der Waals surface area contributed by atoms with Crippen molar-refractivity contribution >= 4 is 5.91 Å². The van der Waals surface area contributed by atoms with Gasteiger partial charge in [0.1, 0.15) is 5.56 Å². The molecule has 0 saturated carbocycles. The fourth-order valence-electron chi connectivity index (χ4n) is 2.73. The van der Waals surface area contributed by atoms with Crippen molar-refractivity contribution in [1.82, 2.24) is 9.88 Å². The van der Waals surface area contributed by atoms with E-state index in [1.165, 1.54) is 0 Å². The number of carbonyl (C=O) groups is 1. The van der Waals surface area contributed by atoms with Gasteiger partial charge < -0.3 is 9.88 Å². The van der Waals surface area contributed by atoms with Gasteiger partial charge in [-0.05, 0) is 37.3 Å². The van der Waals surface area contributed by atoms with Crippen LogP contribution in [-0.4, -0.2) is 28.4 Å². The molecule has 1 saturated heterocycles. The highest BCUT2D eigenvalue weighted by molar-refractivity contribution is 5.94. The number of nitrogens with one attached hydrogen (secondary N) is 1. The van der Waals surface area contributed by atoms with E-state index < -0.39 is 0 Å². The van der Waals surface area contributed by atoms with E-state index in [-0.39, 0.29) is 23.1 Å². The minimum absolute atomic E-state index is 0.150. The molecule has 3 unspecified atom stereocenters. The molecule has 0 aliphatic carbocycles. The van der Waals surface area contributed by atoms with Gasteiger partial charge in [0.25, 0.3) is 11.5 Å². The molecule has 98 valence electrons. The molecule has 1 aromatic heterocycles. The number of amides is 1. The Balaban J connectivity index is 2.28. The van der Waals surface area contributed by atoms with Crippen LogP contribution in [0.1, 0.15) is 37.6 Å². The zero-order chi connectivity index (χ0) is 13.3. The first-order chi connectivity index (χ1) is 8.50. The van der Waals surface area contributed by atoms with Crippen molar-refractivity contribution in [1.29, 1.82) is 0 Å². The predicted molar refractivity (Wildman–Crippen MR) is 70.5 cm³/mol. The van der Waals surface area contributed by atoms with Crippen molar-refractivity contribution in [2.24, 2.45) is 11.8 Å². The lowest BCUT2D eigenvalue weighted by molar-refractivity contribution is 0.0454. The number of nitrogens with zero attached hydrogens (tertiary/aromatic N) is 1. The number of likely N-dealkylation sites (tertiary alicyclic amines) is 1. The summed E-state index contributed by atoms with van der Waals surface area (Å²) in [5.41, 5.74) is -0.0637. The minimum atomic E-state index is -0.305. The zero-order valence-corrected chi connectivity index (χ0v) is 11.1. The Kier molecular flexibility index (Phi) is 3.55. The standard InChI is InChI=1S/C14H20N2O2/c1-9-7-10(2)11(3)16(8-9)14(18)12-5-4-6-15-13(12)17/h4-6,9-11H,7-8H2,1-3H3,(H,15,17). The van der Waals surface area contributed by atoms with Crippen molar-refractivity contribution in [3.05, 3.63) is 34.2 Å². The molecular weight excluding hydrogens is 228 g/mol. The molecule has 2 heterocycles. The number of H-pyrrole nitrogens is 1. The van der Waals surface area contributed by atoms with Crippen LogP contribution in [0.15, 0.2) is 23.1 Å². The molecule has 3 atom stereocenters. The van der Waals surface area contributed by atoms with Gasteiger partial charge in [-0.25, -0.2) is 0 Å². The fourth-order valence-corrected chi connectivity index (χ4v) is 2.73. The van der Waals surface area contributed by atoms with Gasteiger partial charge in [-0.2, -0.15) is 0 Å². The van der Waals surface area contributed by atoms with E-state index in [0.29, 0.717) is 11.8 Å². The summed E-state index contributed by atoms with van der Waals surface area (Å²) in [6, 6.07) is 3.47. The van der Waals surface area contributed by atoms with Crippen LogP contribution in [0.25, 0.3) is 0 Å². The zero-order valence-electron chi connectivity index (χ0n) is 11.1. The van der Waals surface area contributed by atoms with E-state index in [0.717, 1.165) is 13.0 Å². The summed E-state index contributed by atoms with van der Waals surface area (Å²) in [6.07, 6.45) is 2.68. The Bertz CT molecular complexity index is 495. The molecule has 18 heavy (non-hydrogen) atoms. The predicted octanol–water partition coefficient (Wildman–Crippen LogP) is 1.88. The van der Waals surface area contributed by atoms with Gasteiger partial charge in [-0.15, -0.1) is 0 Å². The molecule has 0 radical (unpaired) electrons. The van der Waals surface area contributed by atoms with E-state index >= 15 is 0 Å². The molecule has 4 heteroatoms. The highest BCUT2D eigenvalue weighted by Gasteiger charge is 2.33. The monoisotopic (exact) mass is 248 g/mol. The van der Waals surface area contributed by atoms with Crippen molar-refractivity contribution in [3.63, 3.8) is 0 Å². The molecule has 4 nitrogen and oxygen atoms in total. The van der Waals surface area contributed by atoms with Gasteiger partial charge in [0, 0.05) is 18.8 Å². The Labute approximate surface area is 107 Å². The van der Waals surface area contributed by atoms with Gasteiger partial charge in [-0.3, -0.25) is 9.59 Å². The van der Waals surface area contributed by atoms with E-state index in [9.17, 15) is 9.59 Å². The summed E-state index contributed by atoms with van der Waals surface area (Å²) in [5.74, 6) is 0.811. The summed E-state index contributed by atoms with van der Waals surface area (Å²) < 4.78 is 0. The number of hydrogen-bond acceptors (Lipinski definition) is 2. The first kappa shape index (κ1) is 12.9. The van der Waals surface area contributed by atoms with E-state index in [2.05, 4.69) is 25.8 Å². The van der Waals surface area contributed by atoms with E-state index in [1.54, 1.807) is 18.3 Å². The highest BCUT2D eigenvalue weighted by Crippen LogP contribution is 2.27. The second-order valence-electron chi connectivity index (χ2n) is 5.43. The Hall–Kier alpha value is -1.58. The molecule has 0 spiro atoms. The summed E-state index contributed by atoms with van der Waals surface area (Å²) in [7, 11) is 0. The third-order valence-electron chi connectivity index (χ3n) is 3.91. The number of aromatic nitrogens is 1. The van der Waals surface area contributed by atoms with Gasteiger partial charge in [0.15, 0.2) is 0 Å². The first-order valence-corrected chi connectivity index (χ1v) is 6.49. The summed E-state index contributed by atoms with van der Waals surface area (Å²) in [5, 5.41) is 0. The molecule has 1 fully saturated rings. The molecule has 1 aliphatic heterocycles. The summed E-state index contributed by atoms with van der Waals surface area (Å²) in [6.45, 7) is 7.11. The van der Waals surface area contributed by atoms with Crippen LogP contribution in [0, 0.1) is 11.8 Å². The van der Waals surface area contributed by atoms with Crippen LogP contribution in [0.4, 0.5) is 0 Å². The third-order valence-corrected chi connectivity index (χ3v) is 3.91. The lowest BCUT2D eigenvalue weighted by Gasteiger charge is -2.41. The number of aromatic amines is 1. The topological polar surface area (TPSA) is 53.2 Å². The largest absolute Gasteiger partial charge is 0.335 e. The SMILES string of the molecule is CC1CC(C)C(C)N(C(=O)c2ccc[nH]c2=O)C1. The Morgan fingerprint density at radius 1 is 1.39 bits per heavy atom. The van der Waals surface area contributed by atoms with Crippen molar-refractivity contribution < 1.29 is 4.79 Å². The minimum Gasteiger partial charge on any atom is -0.335 e. The fraction of sp³-hybridized carbons (Fsp3) is 0.571. The summed E-state index contributed by atoms with van der Waals surface area (Å²) >= 11 is 0. The first-order valence-electron chi connectivity index (χ1n) is 6.49. The number of rotatable bonds is 1. The molecular formula is C14H20N2O2. The Morgan fingerprint density at radius 2 is 2.11 bits per heavy atom. The average Bonchev–Trinajstić information content (AvgIpc) is 2.33. The lowest BCUT2D eigenvalue weighted by Crippen LogP contribution is -2.49. The second kappa shape index (κ2) is 4.96. The van der Waals surface area contributed by atoms with Crippen molar-refractivity contribution in [2.45, 2.75) is 33.2 Å². The molecule has 0 bridgehead atoms. The summed E-state index contributed by atoms with van der Waals surface area (Å²) in [4.78, 5) is 28.5. The van der Waals surface area contributed by atoms with Gasteiger partial charge in [0.2, 0.25) is 0 Å². The van der Waals surface area contributed by atoms with Crippen LogP contribution < -0.4 is 5.56 Å². The third kappa shape index (κ3) is 2.33. The molecule has 0 aromatic carbocycles. The number of hydrogen-bond donors (Lipinski definition) is 1. The highest BCUT2D eigenvalue weighted by atomic mass is 16.2. The molecule has 1 aliphatic rings. The molecule has 1 amide bonds. The molecule has 1 aromatic rings. The lowest BCUT2D eigenvalue weighted by atomic mass is 9.85. The van der Waals surface area contributed by atoms with Crippen molar-refractivity contribution in [3.8, 4) is 0 Å². The quantitative estimate of drug-likeness (QED) is 0.825. The maximum Gasteiger partial charge on any atom is 0.260 e. The average molecular weight is 248 g/mol. The maximum atomic E-state index is 12.4. The maximum absolute atomic E-state index is 12.4. The number of carbonyl (C=O) groups excluding carboxylic acids is 1. The van der Waals surface area contributed by atoms with Crippen LogP contribution in [-0.2, 0) is 0 Å². The van der Waals surface area contributed by atoms with Crippen LogP contribution in [0.2, 0.25) is 0 Å². The van der Waals surface area contributed by atoms with E-state index in [1.807, 2.05) is 4.90 Å². The smallest absolute Gasteiger partial charge is 0.260 e. The van der Waals surface area contributed by atoms with Crippen LogP contribution in [0.5, 0.6) is 0 Å². The van der Waals surface area contributed by atoms with Crippen LogP contribution in [0.3, 0.4) is 0 Å². The van der Waals surface area contributed by atoms with E-state index in [4.69, 9.17) is 0 Å². The molecule has 2 rings (SSSR count). The van der Waals surface area contributed by atoms with Gasteiger partial charge in [0.05, 0.1) is 0 Å². The van der Waals surface area contributed by atoms with Crippen LogP contribution >= 0.6 is 0 Å². The normalized spacial score (nSPS) is 28.2. The van der Waals surface area contributed by atoms with Gasteiger partial charge >= 0.3 is 0 Å². The second-order valence-corrected chi connectivity index (χ2v) is 5.43. The molecule has 1 N–H and O–H groups in total. The number of pyridine rings is 1. The number of piperidine rings is 1. The Morgan fingerprint density at radius 3 is 2.78 bits per heavy atom. The van der Waals surface area contributed by atoms with Crippen molar-refractivity contribution in [2.75, 3.05) is 6.54 Å². The van der Waals surface area contributed by atoms with Gasteiger partial charge in [-0.1, -0.05) is 13.8 Å².